The van der Waals surface area contributed by atoms with Crippen molar-refractivity contribution in [1.29, 1.82) is 0 Å². The van der Waals surface area contributed by atoms with E-state index in [1.54, 1.807) is 0 Å². The van der Waals surface area contributed by atoms with Gasteiger partial charge in [0.2, 0.25) is 0 Å². The van der Waals surface area contributed by atoms with Crippen molar-refractivity contribution in [1.82, 2.24) is 14.9 Å². The van der Waals surface area contributed by atoms with Gasteiger partial charge in [0.25, 0.3) is 0 Å². The second kappa shape index (κ2) is 4.39. The highest BCUT2D eigenvalue weighted by molar-refractivity contribution is 5.75. The van der Waals surface area contributed by atoms with E-state index >= 15 is 0 Å². The lowest BCUT2D eigenvalue weighted by atomic mass is 10.1. The minimum Gasteiger partial charge on any atom is -0.327 e. The molecule has 1 fully saturated rings. The first kappa shape index (κ1) is 11.7. The number of para-hydroxylation sites is 2. The zero-order chi connectivity index (χ0) is 12.6. The van der Waals surface area contributed by atoms with Crippen molar-refractivity contribution >= 4 is 11.0 Å². The van der Waals surface area contributed by atoms with Gasteiger partial charge >= 0.3 is 0 Å². The zero-order valence-electron chi connectivity index (χ0n) is 11.2. The smallest absolute Gasteiger partial charge is 0.123 e. The molecule has 0 aliphatic heterocycles. The van der Waals surface area contributed by atoms with Gasteiger partial charge in [0.05, 0.1) is 17.6 Å². The van der Waals surface area contributed by atoms with Crippen LogP contribution < -0.4 is 5.32 Å². The molecule has 1 heterocycles. The Morgan fingerprint density at radius 1 is 1.33 bits per heavy atom. The summed E-state index contributed by atoms with van der Waals surface area (Å²) in [4.78, 5) is 4.72. The van der Waals surface area contributed by atoms with Crippen LogP contribution >= 0.6 is 0 Å². The SMILES string of the molecule is CCn1c(CNCC2(C)CC2)nc2ccccc21. The fourth-order valence-corrected chi connectivity index (χ4v) is 2.48. The van der Waals surface area contributed by atoms with Crippen LogP contribution in [0.4, 0.5) is 0 Å². The van der Waals surface area contributed by atoms with E-state index in [9.17, 15) is 0 Å². The van der Waals surface area contributed by atoms with Crippen molar-refractivity contribution in [3.63, 3.8) is 0 Å². The van der Waals surface area contributed by atoms with Crippen molar-refractivity contribution < 1.29 is 0 Å². The molecule has 0 saturated heterocycles. The number of nitrogens with zero attached hydrogens (tertiary/aromatic N) is 2. The minimum absolute atomic E-state index is 0.559. The summed E-state index contributed by atoms with van der Waals surface area (Å²) in [6, 6.07) is 8.38. The van der Waals surface area contributed by atoms with Gasteiger partial charge in [-0.2, -0.15) is 0 Å². The quantitative estimate of drug-likeness (QED) is 0.875. The second-order valence-electron chi connectivity index (χ2n) is 5.68. The van der Waals surface area contributed by atoms with E-state index in [4.69, 9.17) is 4.98 Å². The number of fused-ring (bicyclic) bond motifs is 1. The lowest BCUT2D eigenvalue weighted by Gasteiger charge is -2.10. The van der Waals surface area contributed by atoms with Gasteiger partial charge in [0.15, 0.2) is 0 Å². The van der Waals surface area contributed by atoms with Crippen molar-refractivity contribution in [2.45, 2.75) is 39.8 Å². The van der Waals surface area contributed by atoms with Gasteiger partial charge in [-0.05, 0) is 37.3 Å². The van der Waals surface area contributed by atoms with Gasteiger partial charge in [-0.25, -0.2) is 4.98 Å². The fraction of sp³-hybridized carbons (Fsp3) is 0.533. The maximum atomic E-state index is 4.72. The van der Waals surface area contributed by atoms with E-state index in [2.05, 4.69) is 48.0 Å². The summed E-state index contributed by atoms with van der Waals surface area (Å²) in [6.45, 7) is 7.50. The lowest BCUT2D eigenvalue weighted by Crippen LogP contribution is -2.23. The first-order valence-electron chi connectivity index (χ1n) is 6.87. The number of nitrogens with one attached hydrogen (secondary N) is 1. The van der Waals surface area contributed by atoms with E-state index in [1.165, 1.54) is 18.4 Å². The average Bonchev–Trinajstić information content (AvgIpc) is 3.00. The maximum absolute atomic E-state index is 4.72. The summed E-state index contributed by atoms with van der Waals surface area (Å²) in [5, 5.41) is 3.56. The number of aromatic nitrogens is 2. The number of imidazole rings is 1. The molecule has 1 aromatic heterocycles. The number of hydrogen-bond acceptors (Lipinski definition) is 2. The van der Waals surface area contributed by atoms with Crippen molar-refractivity contribution in [2.24, 2.45) is 5.41 Å². The summed E-state index contributed by atoms with van der Waals surface area (Å²) in [6.07, 6.45) is 2.73. The molecule has 1 N–H and O–H groups in total. The van der Waals surface area contributed by atoms with Crippen LogP contribution in [0.5, 0.6) is 0 Å². The molecule has 0 unspecified atom stereocenters. The largest absolute Gasteiger partial charge is 0.327 e. The van der Waals surface area contributed by atoms with Crippen LogP contribution in [0.15, 0.2) is 24.3 Å². The number of rotatable bonds is 5. The Labute approximate surface area is 108 Å². The van der Waals surface area contributed by atoms with Gasteiger partial charge in [-0.3, -0.25) is 0 Å². The highest BCUT2D eigenvalue weighted by atomic mass is 15.1. The Balaban J connectivity index is 1.77. The van der Waals surface area contributed by atoms with Crippen LogP contribution in [-0.4, -0.2) is 16.1 Å². The highest BCUT2D eigenvalue weighted by Crippen LogP contribution is 2.44. The Hall–Kier alpha value is -1.35. The van der Waals surface area contributed by atoms with Crippen LogP contribution in [0.3, 0.4) is 0 Å². The highest BCUT2D eigenvalue weighted by Gasteiger charge is 2.36. The zero-order valence-corrected chi connectivity index (χ0v) is 11.2. The van der Waals surface area contributed by atoms with Gasteiger partial charge < -0.3 is 9.88 Å². The molecule has 0 radical (unpaired) electrons. The average molecular weight is 243 g/mol. The molecule has 96 valence electrons. The van der Waals surface area contributed by atoms with E-state index in [0.29, 0.717) is 5.41 Å². The summed E-state index contributed by atoms with van der Waals surface area (Å²) in [7, 11) is 0. The summed E-state index contributed by atoms with van der Waals surface area (Å²) in [5.74, 6) is 1.16. The standard InChI is InChI=1S/C15H21N3/c1-3-18-13-7-5-4-6-12(13)17-14(18)10-16-11-15(2)8-9-15/h4-7,16H,3,8-11H2,1-2H3. The molecule has 1 aliphatic rings. The van der Waals surface area contributed by atoms with Gasteiger partial charge in [0, 0.05) is 13.1 Å². The van der Waals surface area contributed by atoms with E-state index < -0.39 is 0 Å². The first-order valence-corrected chi connectivity index (χ1v) is 6.87. The number of hydrogen-bond donors (Lipinski definition) is 1. The lowest BCUT2D eigenvalue weighted by molar-refractivity contribution is 0.487. The third kappa shape index (κ3) is 2.15. The van der Waals surface area contributed by atoms with Crippen LogP contribution in [0, 0.1) is 5.41 Å². The third-order valence-electron chi connectivity index (χ3n) is 3.99. The number of benzene rings is 1. The Kier molecular flexibility index (Phi) is 2.86. The van der Waals surface area contributed by atoms with Crippen LogP contribution in [0.1, 0.15) is 32.5 Å². The predicted octanol–water partition coefficient (Wildman–Crippen LogP) is 2.95. The first-order chi connectivity index (χ1) is 8.72. The summed E-state index contributed by atoms with van der Waals surface area (Å²) < 4.78 is 2.30. The molecule has 18 heavy (non-hydrogen) atoms. The Bertz CT molecular complexity index is 552. The summed E-state index contributed by atoms with van der Waals surface area (Å²) >= 11 is 0. The summed E-state index contributed by atoms with van der Waals surface area (Å²) in [5.41, 5.74) is 2.91. The molecule has 0 atom stereocenters. The topological polar surface area (TPSA) is 29.9 Å². The predicted molar refractivity (Wildman–Crippen MR) is 74.5 cm³/mol. The van der Waals surface area contributed by atoms with Gasteiger partial charge in [-0.15, -0.1) is 0 Å². The van der Waals surface area contributed by atoms with Crippen LogP contribution in [0.2, 0.25) is 0 Å². The molecule has 3 nitrogen and oxygen atoms in total. The molecule has 2 aromatic rings. The number of aryl methyl sites for hydroxylation is 1. The molecule has 1 saturated carbocycles. The Morgan fingerprint density at radius 2 is 2.11 bits per heavy atom. The van der Waals surface area contributed by atoms with Crippen LogP contribution in [-0.2, 0) is 13.1 Å². The Morgan fingerprint density at radius 3 is 2.83 bits per heavy atom. The van der Waals surface area contributed by atoms with E-state index in [1.807, 2.05) is 0 Å². The third-order valence-corrected chi connectivity index (χ3v) is 3.99. The molecule has 1 aromatic carbocycles. The van der Waals surface area contributed by atoms with Crippen molar-refractivity contribution in [3.05, 3.63) is 30.1 Å². The molecule has 3 rings (SSSR count). The monoisotopic (exact) mass is 243 g/mol. The molecule has 0 bridgehead atoms. The van der Waals surface area contributed by atoms with Gasteiger partial charge in [0.1, 0.15) is 5.82 Å². The van der Waals surface area contributed by atoms with Crippen molar-refractivity contribution in [3.8, 4) is 0 Å². The molecule has 0 spiro atoms. The maximum Gasteiger partial charge on any atom is 0.123 e. The molecule has 0 amide bonds. The van der Waals surface area contributed by atoms with Gasteiger partial charge in [-0.1, -0.05) is 19.1 Å². The molecular weight excluding hydrogens is 222 g/mol. The van der Waals surface area contributed by atoms with Crippen molar-refractivity contribution in [2.75, 3.05) is 6.54 Å². The molecular formula is C15H21N3. The van der Waals surface area contributed by atoms with Crippen LogP contribution in [0.25, 0.3) is 11.0 Å². The van der Waals surface area contributed by atoms with E-state index in [-0.39, 0.29) is 0 Å². The van der Waals surface area contributed by atoms with E-state index in [0.717, 1.165) is 31.0 Å². The molecule has 3 heteroatoms. The second-order valence-corrected chi connectivity index (χ2v) is 5.68. The molecule has 1 aliphatic carbocycles. The minimum atomic E-state index is 0.559. The fourth-order valence-electron chi connectivity index (χ4n) is 2.48. The normalized spacial score (nSPS) is 17.2.